The van der Waals surface area contributed by atoms with Gasteiger partial charge in [0, 0.05) is 6.07 Å². The Labute approximate surface area is 157 Å². The summed E-state index contributed by atoms with van der Waals surface area (Å²) in [5.41, 5.74) is 3.53. The summed E-state index contributed by atoms with van der Waals surface area (Å²) in [6.07, 6.45) is 1.63. The molecule has 0 saturated carbocycles. The first-order chi connectivity index (χ1) is 13.1. The summed E-state index contributed by atoms with van der Waals surface area (Å²) in [6, 6.07) is 12.4. The molecule has 2 aromatic carbocycles. The van der Waals surface area contributed by atoms with Crippen LogP contribution >= 0.6 is 11.8 Å². The highest BCUT2D eigenvalue weighted by molar-refractivity contribution is 7.99. The lowest BCUT2D eigenvalue weighted by Crippen LogP contribution is -2.15. The second-order valence-corrected chi connectivity index (χ2v) is 6.15. The fourth-order valence-electron chi connectivity index (χ4n) is 1.98. The van der Waals surface area contributed by atoms with Crippen molar-refractivity contribution in [3.05, 3.63) is 65.7 Å². The van der Waals surface area contributed by atoms with Gasteiger partial charge in [-0.1, -0.05) is 42.1 Å². The molecular weight excluding hydrogens is 374 g/mol. The molecule has 3 aromatic rings. The standard InChI is InChI=1S/C17H14F2N6OS/c18-12-6-7-14(13(19)8-12)21-15(26)10-27-17-22-16(24-25-17)23-20-9-11-4-2-1-3-5-11/h1-9H,10H2,(H,21,26)(H2,22,23,24,25)/b20-9-. The van der Waals surface area contributed by atoms with E-state index in [1.165, 1.54) is 0 Å². The van der Waals surface area contributed by atoms with E-state index in [1.54, 1.807) is 6.21 Å². The number of carbonyl (C=O) groups is 1. The van der Waals surface area contributed by atoms with Crippen molar-refractivity contribution in [2.45, 2.75) is 5.16 Å². The molecule has 0 aliphatic carbocycles. The molecule has 3 rings (SSSR count). The zero-order valence-electron chi connectivity index (χ0n) is 13.8. The summed E-state index contributed by atoms with van der Waals surface area (Å²) >= 11 is 1.05. The van der Waals surface area contributed by atoms with Crippen LogP contribution in [0.1, 0.15) is 5.56 Å². The van der Waals surface area contributed by atoms with Crippen molar-refractivity contribution >= 4 is 35.5 Å². The van der Waals surface area contributed by atoms with Crippen LogP contribution in [0.25, 0.3) is 0 Å². The second kappa shape index (κ2) is 8.90. The molecule has 0 aliphatic rings. The van der Waals surface area contributed by atoms with Crippen LogP contribution in [0.2, 0.25) is 0 Å². The number of rotatable bonds is 7. The van der Waals surface area contributed by atoms with Crippen molar-refractivity contribution in [1.29, 1.82) is 0 Å². The summed E-state index contributed by atoms with van der Waals surface area (Å²) in [7, 11) is 0. The third-order valence-electron chi connectivity index (χ3n) is 3.19. The van der Waals surface area contributed by atoms with Gasteiger partial charge in [-0.2, -0.15) is 10.1 Å². The Morgan fingerprint density at radius 3 is 2.81 bits per heavy atom. The quantitative estimate of drug-likeness (QED) is 0.328. The zero-order chi connectivity index (χ0) is 19.1. The third kappa shape index (κ3) is 5.61. The SMILES string of the molecule is O=C(CSc1n[nH]c(N/N=C\c2ccccc2)n1)Nc1ccc(F)cc1F. The number of hydrogen-bond acceptors (Lipinski definition) is 6. The Hall–Kier alpha value is -3.27. The van der Waals surface area contributed by atoms with Crippen LogP contribution in [-0.4, -0.2) is 33.1 Å². The molecule has 1 aromatic heterocycles. The van der Waals surface area contributed by atoms with Crippen LogP contribution in [0, 0.1) is 11.6 Å². The van der Waals surface area contributed by atoms with Crippen molar-refractivity contribution in [3.63, 3.8) is 0 Å². The van der Waals surface area contributed by atoms with E-state index in [0.717, 1.165) is 29.5 Å². The lowest BCUT2D eigenvalue weighted by atomic mass is 10.2. The number of anilines is 2. The maximum absolute atomic E-state index is 13.5. The molecule has 10 heteroatoms. The molecular formula is C17H14F2N6OS. The van der Waals surface area contributed by atoms with Gasteiger partial charge in [0.2, 0.25) is 17.0 Å². The first-order valence-electron chi connectivity index (χ1n) is 7.74. The number of thioether (sulfide) groups is 1. The van der Waals surface area contributed by atoms with Crippen molar-refractivity contribution in [2.24, 2.45) is 5.10 Å². The van der Waals surface area contributed by atoms with Gasteiger partial charge in [-0.25, -0.2) is 19.3 Å². The number of nitrogens with one attached hydrogen (secondary N) is 3. The highest BCUT2D eigenvalue weighted by Gasteiger charge is 2.10. The van der Waals surface area contributed by atoms with Crippen molar-refractivity contribution in [2.75, 3.05) is 16.5 Å². The number of carbonyl (C=O) groups excluding carboxylic acids is 1. The Kier molecular flexibility index (Phi) is 6.10. The largest absolute Gasteiger partial charge is 0.323 e. The smallest absolute Gasteiger partial charge is 0.240 e. The summed E-state index contributed by atoms with van der Waals surface area (Å²) < 4.78 is 26.4. The molecule has 0 bridgehead atoms. The van der Waals surface area contributed by atoms with Crippen LogP contribution in [0.5, 0.6) is 0 Å². The molecule has 3 N–H and O–H groups in total. The average Bonchev–Trinajstić information content (AvgIpc) is 3.11. The van der Waals surface area contributed by atoms with E-state index in [2.05, 4.69) is 31.0 Å². The van der Waals surface area contributed by atoms with E-state index in [0.29, 0.717) is 17.2 Å². The summed E-state index contributed by atoms with van der Waals surface area (Å²) in [6.45, 7) is 0. The van der Waals surface area contributed by atoms with Gasteiger partial charge in [-0.15, -0.1) is 5.10 Å². The van der Waals surface area contributed by atoms with Crippen LogP contribution in [-0.2, 0) is 4.79 Å². The summed E-state index contributed by atoms with van der Waals surface area (Å²) in [5, 5.41) is 13.3. The number of hydrazone groups is 1. The maximum atomic E-state index is 13.5. The topological polar surface area (TPSA) is 95.1 Å². The molecule has 0 spiro atoms. The Balaban J connectivity index is 1.47. The number of H-pyrrole nitrogens is 1. The van der Waals surface area contributed by atoms with Crippen molar-refractivity contribution in [3.8, 4) is 0 Å². The summed E-state index contributed by atoms with van der Waals surface area (Å²) in [5.74, 6) is -1.74. The highest BCUT2D eigenvalue weighted by Crippen LogP contribution is 2.17. The van der Waals surface area contributed by atoms with Crippen LogP contribution in [0.15, 0.2) is 58.8 Å². The summed E-state index contributed by atoms with van der Waals surface area (Å²) in [4.78, 5) is 16.0. The molecule has 0 saturated heterocycles. The van der Waals surface area contributed by atoms with Crippen LogP contribution in [0.4, 0.5) is 20.4 Å². The predicted molar refractivity (Wildman–Crippen MR) is 99.8 cm³/mol. The van der Waals surface area contributed by atoms with E-state index >= 15 is 0 Å². The number of aromatic nitrogens is 3. The normalized spacial score (nSPS) is 10.9. The number of halogens is 2. The van der Waals surface area contributed by atoms with Crippen molar-refractivity contribution in [1.82, 2.24) is 15.2 Å². The van der Waals surface area contributed by atoms with Crippen molar-refractivity contribution < 1.29 is 13.6 Å². The Morgan fingerprint density at radius 1 is 1.22 bits per heavy atom. The van der Waals surface area contributed by atoms with Gasteiger partial charge in [-0.05, 0) is 17.7 Å². The Bertz CT molecular complexity index is 948. The lowest BCUT2D eigenvalue weighted by Gasteiger charge is -2.05. The van der Waals surface area contributed by atoms with Gasteiger partial charge in [0.15, 0.2) is 0 Å². The Morgan fingerprint density at radius 2 is 2.04 bits per heavy atom. The first kappa shape index (κ1) is 18.5. The fourth-order valence-corrected chi connectivity index (χ4v) is 2.57. The minimum atomic E-state index is -0.839. The predicted octanol–water partition coefficient (Wildman–Crippen LogP) is 3.26. The molecule has 27 heavy (non-hydrogen) atoms. The van der Waals surface area contributed by atoms with E-state index in [-0.39, 0.29) is 11.4 Å². The van der Waals surface area contributed by atoms with Gasteiger partial charge in [0.25, 0.3) is 0 Å². The van der Waals surface area contributed by atoms with Gasteiger partial charge < -0.3 is 5.32 Å². The van der Waals surface area contributed by atoms with E-state index in [9.17, 15) is 13.6 Å². The molecule has 0 atom stereocenters. The minimum Gasteiger partial charge on any atom is -0.323 e. The molecule has 1 amide bonds. The average molecular weight is 388 g/mol. The third-order valence-corrected chi connectivity index (χ3v) is 4.03. The van der Waals surface area contributed by atoms with E-state index in [4.69, 9.17) is 0 Å². The highest BCUT2D eigenvalue weighted by atomic mass is 32.2. The fraction of sp³-hybridized carbons (Fsp3) is 0.0588. The molecule has 0 fully saturated rings. The first-order valence-corrected chi connectivity index (χ1v) is 8.73. The van der Waals surface area contributed by atoms with E-state index in [1.807, 2.05) is 30.3 Å². The maximum Gasteiger partial charge on any atom is 0.240 e. The molecule has 7 nitrogen and oxygen atoms in total. The number of nitrogens with zero attached hydrogens (tertiary/aromatic N) is 3. The van der Waals surface area contributed by atoms with Gasteiger partial charge in [-0.3, -0.25) is 4.79 Å². The number of benzene rings is 2. The number of aromatic amines is 1. The minimum absolute atomic E-state index is 0.0403. The molecule has 0 aliphatic heterocycles. The number of hydrogen-bond donors (Lipinski definition) is 3. The van der Waals surface area contributed by atoms with Gasteiger partial charge in [0.05, 0.1) is 17.7 Å². The van der Waals surface area contributed by atoms with E-state index < -0.39 is 17.5 Å². The lowest BCUT2D eigenvalue weighted by molar-refractivity contribution is -0.113. The second-order valence-electron chi connectivity index (χ2n) is 5.21. The molecule has 138 valence electrons. The van der Waals surface area contributed by atoms with Gasteiger partial charge in [0.1, 0.15) is 11.6 Å². The van der Waals surface area contributed by atoms with Crippen LogP contribution < -0.4 is 10.7 Å². The molecule has 0 radical (unpaired) electrons. The zero-order valence-corrected chi connectivity index (χ0v) is 14.6. The molecule has 1 heterocycles. The van der Waals surface area contributed by atoms with Gasteiger partial charge >= 0.3 is 0 Å². The monoisotopic (exact) mass is 388 g/mol. The molecule has 0 unspecified atom stereocenters. The van der Waals surface area contributed by atoms with Crippen LogP contribution in [0.3, 0.4) is 0 Å². The number of amides is 1.